The first-order valence-corrected chi connectivity index (χ1v) is 4.76. The predicted molar refractivity (Wildman–Crippen MR) is 64.3 cm³/mol. The van der Waals surface area contributed by atoms with E-state index in [1.165, 1.54) is 0 Å². The van der Waals surface area contributed by atoms with Gasteiger partial charge < -0.3 is 11.1 Å². The summed E-state index contributed by atoms with van der Waals surface area (Å²) >= 11 is 5.82. The molecule has 0 aliphatic heterocycles. The maximum absolute atomic E-state index is 11.0. The highest BCUT2D eigenvalue weighted by Gasteiger charge is 2.07. The molecule has 0 heterocycles. The van der Waals surface area contributed by atoms with E-state index in [1.54, 1.807) is 6.07 Å². The minimum absolute atomic E-state index is 0. The predicted octanol–water partition coefficient (Wildman–Crippen LogP) is 1.90. The Kier molecular flexibility index (Phi) is 6.32. The van der Waals surface area contributed by atoms with Crippen LogP contribution in [-0.4, -0.2) is 12.5 Å². The van der Waals surface area contributed by atoms with Crippen molar-refractivity contribution in [3.8, 4) is 0 Å². The first-order chi connectivity index (χ1) is 6.63. The highest BCUT2D eigenvalue weighted by Crippen LogP contribution is 2.16. The summed E-state index contributed by atoms with van der Waals surface area (Å²) in [5.74, 6) is -0.169. The van der Waals surface area contributed by atoms with E-state index in [-0.39, 0.29) is 30.9 Å². The van der Waals surface area contributed by atoms with Crippen molar-refractivity contribution in [2.45, 2.75) is 13.0 Å². The summed E-state index contributed by atoms with van der Waals surface area (Å²) in [5.41, 5.74) is 6.16. The van der Waals surface area contributed by atoms with Gasteiger partial charge in [0.15, 0.2) is 0 Å². The third-order valence-electron chi connectivity index (χ3n) is 1.91. The van der Waals surface area contributed by atoms with Gasteiger partial charge in [0, 0.05) is 5.02 Å². The standard InChI is InChI=1S/C10H13ClN2O.ClH/c1-7(13-10(14)6-12)8-3-2-4-9(11)5-8;/h2-5,7H,6,12H2,1H3,(H,13,14);1H. The Bertz CT molecular complexity index is 331. The van der Waals surface area contributed by atoms with Gasteiger partial charge in [0.1, 0.15) is 0 Å². The second kappa shape index (κ2) is 6.67. The van der Waals surface area contributed by atoms with Crippen LogP contribution >= 0.6 is 24.0 Å². The van der Waals surface area contributed by atoms with Crippen LogP contribution in [0.25, 0.3) is 0 Å². The third kappa shape index (κ3) is 4.51. The topological polar surface area (TPSA) is 55.1 Å². The fourth-order valence-electron chi connectivity index (χ4n) is 1.16. The molecule has 1 amide bonds. The number of carbonyl (C=O) groups excluding carboxylic acids is 1. The van der Waals surface area contributed by atoms with E-state index in [0.717, 1.165) is 5.56 Å². The number of nitrogens with one attached hydrogen (secondary N) is 1. The summed E-state index contributed by atoms with van der Waals surface area (Å²) in [4.78, 5) is 11.0. The van der Waals surface area contributed by atoms with Crippen LogP contribution in [0.1, 0.15) is 18.5 Å². The Balaban J connectivity index is 0.00000196. The van der Waals surface area contributed by atoms with Gasteiger partial charge in [0.25, 0.3) is 0 Å². The number of carbonyl (C=O) groups is 1. The van der Waals surface area contributed by atoms with E-state index in [0.29, 0.717) is 5.02 Å². The van der Waals surface area contributed by atoms with E-state index < -0.39 is 0 Å². The minimum Gasteiger partial charge on any atom is -0.348 e. The normalized spacial score (nSPS) is 11.4. The van der Waals surface area contributed by atoms with Gasteiger partial charge in [0.05, 0.1) is 12.6 Å². The highest BCUT2D eigenvalue weighted by atomic mass is 35.5. The van der Waals surface area contributed by atoms with Crippen molar-refractivity contribution in [1.29, 1.82) is 0 Å². The van der Waals surface area contributed by atoms with Crippen molar-refractivity contribution in [3.05, 3.63) is 34.9 Å². The van der Waals surface area contributed by atoms with E-state index in [4.69, 9.17) is 17.3 Å². The molecule has 0 radical (unpaired) electrons. The van der Waals surface area contributed by atoms with Gasteiger partial charge in [-0.2, -0.15) is 0 Å². The van der Waals surface area contributed by atoms with Crippen molar-refractivity contribution in [3.63, 3.8) is 0 Å². The largest absolute Gasteiger partial charge is 0.348 e. The Morgan fingerprint density at radius 3 is 2.80 bits per heavy atom. The monoisotopic (exact) mass is 248 g/mol. The molecule has 3 N–H and O–H groups in total. The Morgan fingerprint density at radius 1 is 1.60 bits per heavy atom. The first kappa shape index (κ1) is 14.2. The second-order valence-electron chi connectivity index (χ2n) is 3.05. The van der Waals surface area contributed by atoms with Crippen molar-refractivity contribution in [2.75, 3.05) is 6.54 Å². The van der Waals surface area contributed by atoms with E-state index in [2.05, 4.69) is 5.32 Å². The lowest BCUT2D eigenvalue weighted by atomic mass is 10.1. The molecule has 0 aliphatic carbocycles. The molecule has 1 aromatic rings. The lowest BCUT2D eigenvalue weighted by molar-refractivity contribution is -0.120. The van der Waals surface area contributed by atoms with Gasteiger partial charge in [0.2, 0.25) is 5.91 Å². The van der Waals surface area contributed by atoms with Gasteiger partial charge in [-0.1, -0.05) is 23.7 Å². The zero-order valence-electron chi connectivity index (χ0n) is 8.37. The van der Waals surface area contributed by atoms with Crippen LogP contribution in [-0.2, 0) is 4.79 Å². The smallest absolute Gasteiger partial charge is 0.234 e. The van der Waals surface area contributed by atoms with Crippen molar-refractivity contribution >= 4 is 29.9 Å². The van der Waals surface area contributed by atoms with E-state index in [1.807, 2.05) is 25.1 Å². The Hall–Kier alpha value is -0.770. The molecule has 1 aromatic carbocycles. The maximum atomic E-state index is 11.0. The molecule has 1 rings (SSSR count). The van der Waals surface area contributed by atoms with Gasteiger partial charge in [-0.3, -0.25) is 4.79 Å². The van der Waals surface area contributed by atoms with Gasteiger partial charge in [-0.05, 0) is 24.6 Å². The molecular weight excluding hydrogens is 235 g/mol. The molecule has 1 atom stereocenters. The lowest BCUT2D eigenvalue weighted by Crippen LogP contribution is -2.32. The summed E-state index contributed by atoms with van der Waals surface area (Å²) in [6, 6.07) is 7.31. The van der Waals surface area contributed by atoms with Crippen LogP contribution < -0.4 is 11.1 Å². The van der Waals surface area contributed by atoms with E-state index in [9.17, 15) is 4.79 Å². The summed E-state index contributed by atoms with van der Waals surface area (Å²) in [5, 5.41) is 3.41. The van der Waals surface area contributed by atoms with Crippen molar-refractivity contribution in [1.82, 2.24) is 5.32 Å². The van der Waals surface area contributed by atoms with Gasteiger partial charge >= 0.3 is 0 Å². The molecule has 0 aromatic heterocycles. The maximum Gasteiger partial charge on any atom is 0.234 e. The van der Waals surface area contributed by atoms with E-state index >= 15 is 0 Å². The van der Waals surface area contributed by atoms with Crippen LogP contribution in [0.5, 0.6) is 0 Å². The van der Waals surface area contributed by atoms with Crippen LogP contribution in [0, 0.1) is 0 Å². The summed E-state index contributed by atoms with van der Waals surface area (Å²) in [6.07, 6.45) is 0. The molecule has 0 bridgehead atoms. The Labute approximate surface area is 100 Å². The number of amides is 1. The average molecular weight is 249 g/mol. The molecule has 0 saturated carbocycles. The molecule has 0 saturated heterocycles. The minimum atomic E-state index is -0.169. The average Bonchev–Trinajstić information content (AvgIpc) is 2.17. The highest BCUT2D eigenvalue weighted by molar-refractivity contribution is 6.30. The summed E-state index contributed by atoms with van der Waals surface area (Å²) in [7, 11) is 0. The number of hydrogen-bond acceptors (Lipinski definition) is 2. The van der Waals surface area contributed by atoms with Crippen molar-refractivity contribution in [2.24, 2.45) is 5.73 Å². The third-order valence-corrected chi connectivity index (χ3v) is 2.15. The number of rotatable bonds is 3. The molecule has 15 heavy (non-hydrogen) atoms. The molecule has 0 aliphatic rings. The zero-order chi connectivity index (χ0) is 10.6. The molecule has 3 nitrogen and oxygen atoms in total. The van der Waals surface area contributed by atoms with Crippen LogP contribution in [0.4, 0.5) is 0 Å². The lowest BCUT2D eigenvalue weighted by Gasteiger charge is -2.13. The zero-order valence-corrected chi connectivity index (χ0v) is 9.94. The van der Waals surface area contributed by atoms with Crippen molar-refractivity contribution < 1.29 is 4.79 Å². The quantitative estimate of drug-likeness (QED) is 0.859. The molecule has 1 unspecified atom stereocenters. The first-order valence-electron chi connectivity index (χ1n) is 4.38. The summed E-state index contributed by atoms with van der Waals surface area (Å²) in [6.45, 7) is 1.89. The molecule has 0 fully saturated rings. The van der Waals surface area contributed by atoms with Gasteiger partial charge in [-0.25, -0.2) is 0 Å². The fraction of sp³-hybridized carbons (Fsp3) is 0.300. The SMILES string of the molecule is CC(NC(=O)CN)c1cccc(Cl)c1.Cl. The molecular formula is C10H14Cl2N2O. The van der Waals surface area contributed by atoms with Crippen LogP contribution in [0.15, 0.2) is 24.3 Å². The van der Waals surface area contributed by atoms with Crippen LogP contribution in [0.3, 0.4) is 0 Å². The summed E-state index contributed by atoms with van der Waals surface area (Å²) < 4.78 is 0. The van der Waals surface area contributed by atoms with Crippen LogP contribution in [0.2, 0.25) is 5.02 Å². The second-order valence-corrected chi connectivity index (χ2v) is 3.48. The number of benzene rings is 1. The molecule has 5 heteroatoms. The Morgan fingerprint density at radius 2 is 2.27 bits per heavy atom. The number of halogens is 2. The molecule has 0 spiro atoms. The van der Waals surface area contributed by atoms with Gasteiger partial charge in [-0.15, -0.1) is 12.4 Å². The molecule has 84 valence electrons. The fourth-order valence-corrected chi connectivity index (χ4v) is 1.36. The number of nitrogens with two attached hydrogens (primary N) is 1. The number of hydrogen-bond donors (Lipinski definition) is 2.